The maximum Gasteiger partial charge on any atom is 0.338 e. The monoisotopic (exact) mass is 1110 g/mol. The van der Waals surface area contributed by atoms with E-state index in [9.17, 15) is 28.0 Å². The highest BCUT2D eigenvalue weighted by atomic mass is 19.1. The molecule has 10 heteroatoms. The molecule has 0 radical (unpaired) electrons. The van der Waals surface area contributed by atoms with E-state index in [2.05, 4.69) is 26.3 Å². The summed E-state index contributed by atoms with van der Waals surface area (Å²) in [5, 5.41) is 0. The van der Waals surface area contributed by atoms with Gasteiger partial charge in [0.05, 0.1) is 0 Å². The summed E-state index contributed by atoms with van der Waals surface area (Å²) in [6.45, 7) is 17.2. The summed E-state index contributed by atoms with van der Waals surface area (Å²) < 4.78 is 50.7. The Labute approximate surface area is 488 Å². The fraction of sp³-hybridized carbons (Fsp3) is 0.0270. The first-order valence-electron chi connectivity index (χ1n) is 26.3. The van der Waals surface area contributed by atoms with E-state index in [1.807, 2.05) is 146 Å². The summed E-state index contributed by atoms with van der Waals surface area (Å²) in [6.07, 6.45) is 24.2. The summed E-state index contributed by atoms with van der Waals surface area (Å²) in [5.41, 5.74) is 9.92. The SMILES string of the molecule is C=C(C)C(=O)Oc1cccc(/C=C/c2ccc(/C=C/c3ccc(/C=C/c4ccccc4OC(=O)C(=C)C)c(F)c3)cc2)c1.C=CC(=O)Oc1cccc(/C=C/c2ccc(/C=C/c3ccc(/C=C/c4ccccc4OC(=O)C=C)c(F)c3)cc2)c1. The first-order chi connectivity index (χ1) is 40.6. The number of benzene rings is 8. The van der Waals surface area contributed by atoms with Crippen LogP contribution in [0.1, 0.15) is 80.6 Å². The number of halogens is 2. The number of ether oxygens (including phenoxy) is 4. The number of carbonyl (C=O) groups excluding carboxylic acids is 4. The number of rotatable bonds is 20. The van der Waals surface area contributed by atoms with E-state index in [0.29, 0.717) is 56.4 Å². The lowest BCUT2D eigenvalue weighted by Crippen LogP contribution is -2.08. The Morgan fingerprint density at radius 3 is 1.05 bits per heavy atom. The number of para-hydroxylation sites is 2. The van der Waals surface area contributed by atoms with E-state index in [1.165, 1.54) is 12.1 Å². The first-order valence-corrected chi connectivity index (χ1v) is 26.3. The molecule has 0 heterocycles. The molecule has 84 heavy (non-hydrogen) atoms. The minimum Gasteiger partial charge on any atom is -0.423 e. The zero-order valence-corrected chi connectivity index (χ0v) is 46.3. The van der Waals surface area contributed by atoms with Gasteiger partial charge in [0.2, 0.25) is 0 Å². The lowest BCUT2D eigenvalue weighted by atomic mass is 10.1. The highest BCUT2D eigenvalue weighted by Gasteiger charge is 2.10. The molecule has 8 aromatic rings. The van der Waals surface area contributed by atoms with Crippen molar-refractivity contribution in [1.29, 1.82) is 0 Å². The predicted octanol–water partition coefficient (Wildman–Crippen LogP) is 17.8. The molecule has 0 aromatic heterocycles. The van der Waals surface area contributed by atoms with Gasteiger partial charge in [0, 0.05) is 45.6 Å². The Bertz CT molecular complexity index is 3930. The van der Waals surface area contributed by atoms with Crippen LogP contribution in [0.15, 0.2) is 232 Å². The van der Waals surface area contributed by atoms with Crippen molar-refractivity contribution < 1.29 is 46.9 Å². The largest absolute Gasteiger partial charge is 0.423 e. The predicted molar refractivity (Wildman–Crippen MR) is 338 cm³/mol. The molecule has 0 amide bonds. The Kier molecular flexibility index (Phi) is 22.0. The van der Waals surface area contributed by atoms with Gasteiger partial charge in [0.1, 0.15) is 34.6 Å². The van der Waals surface area contributed by atoms with Gasteiger partial charge < -0.3 is 18.9 Å². The molecule has 0 aliphatic heterocycles. The molecule has 0 saturated carbocycles. The van der Waals surface area contributed by atoms with Crippen molar-refractivity contribution in [3.63, 3.8) is 0 Å². The summed E-state index contributed by atoms with van der Waals surface area (Å²) in [5.74, 6) is -1.10. The van der Waals surface area contributed by atoms with Gasteiger partial charge in [0.15, 0.2) is 0 Å². The van der Waals surface area contributed by atoms with Gasteiger partial charge in [-0.25, -0.2) is 28.0 Å². The van der Waals surface area contributed by atoms with Crippen molar-refractivity contribution in [2.75, 3.05) is 0 Å². The third-order valence-corrected chi connectivity index (χ3v) is 12.1. The van der Waals surface area contributed by atoms with Crippen LogP contribution in [0.5, 0.6) is 23.0 Å². The first kappa shape index (κ1) is 60.5. The van der Waals surface area contributed by atoms with Crippen LogP contribution in [-0.2, 0) is 19.2 Å². The van der Waals surface area contributed by atoms with Crippen molar-refractivity contribution in [2.45, 2.75) is 13.8 Å². The molecule has 0 fully saturated rings. The van der Waals surface area contributed by atoms with Crippen molar-refractivity contribution in [2.24, 2.45) is 0 Å². The van der Waals surface area contributed by atoms with Gasteiger partial charge in [-0.3, -0.25) is 0 Å². The Morgan fingerprint density at radius 1 is 0.333 bits per heavy atom. The highest BCUT2D eigenvalue weighted by molar-refractivity contribution is 5.90. The fourth-order valence-corrected chi connectivity index (χ4v) is 7.60. The van der Waals surface area contributed by atoms with Gasteiger partial charge in [-0.05, 0) is 107 Å². The molecule has 416 valence electrons. The molecule has 0 atom stereocenters. The van der Waals surface area contributed by atoms with E-state index >= 15 is 0 Å². The van der Waals surface area contributed by atoms with Crippen molar-refractivity contribution in [1.82, 2.24) is 0 Å². The third-order valence-electron chi connectivity index (χ3n) is 12.1. The molecule has 0 unspecified atom stereocenters. The Hall–Kier alpha value is -11.1. The molecule has 0 aliphatic rings. The van der Waals surface area contributed by atoms with Crippen LogP contribution in [0.4, 0.5) is 8.78 Å². The second kappa shape index (κ2) is 30.5. The van der Waals surface area contributed by atoms with Gasteiger partial charge in [0.25, 0.3) is 0 Å². The third kappa shape index (κ3) is 19.0. The van der Waals surface area contributed by atoms with E-state index < -0.39 is 23.9 Å². The van der Waals surface area contributed by atoms with Crippen LogP contribution >= 0.6 is 0 Å². The van der Waals surface area contributed by atoms with E-state index in [4.69, 9.17) is 18.9 Å². The summed E-state index contributed by atoms with van der Waals surface area (Å²) in [7, 11) is 0. The minimum absolute atomic E-state index is 0.296. The fourth-order valence-electron chi connectivity index (χ4n) is 7.60. The van der Waals surface area contributed by atoms with Crippen LogP contribution in [0.25, 0.3) is 72.9 Å². The van der Waals surface area contributed by atoms with Crippen LogP contribution in [0.2, 0.25) is 0 Å². The molecule has 0 saturated heterocycles. The average Bonchev–Trinajstić information content (AvgIpc) is 3.51. The summed E-state index contributed by atoms with van der Waals surface area (Å²) in [4.78, 5) is 46.6. The van der Waals surface area contributed by atoms with Crippen molar-refractivity contribution >= 4 is 96.8 Å². The van der Waals surface area contributed by atoms with Crippen molar-refractivity contribution in [3.05, 3.63) is 310 Å². The molecule has 8 rings (SSSR count). The topological polar surface area (TPSA) is 105 Å². The molecule has 8 nitrogen and oxygen atoms in total. The quantitative estimate of drug-likeness (QED) is 0.0322. The summed E-state index contributed by atoms with van der Waals surface area (Å²) in [6, 6.07) is 54.4. The van der Waals surface area contributed by atoms with Crippen LogP contribution in [-0.4, -0.2) is 23.9 Å². The van der Waals surface area contributed by atoms with E-state index in [1.54, 1.807) is 111 Å². The Morgan fingerprint density at radius 2 is 0.655 bits per heavy atom. The van der Waals surface area contributed by atoms with Crippen LogP contribution in [0, 0.1) is 11.6 Å². The van der Waals surface area contributed by atoms with E-state index in [0.717, 1.165) is 56.7 Å². The zero-order valence-electron chi connectivity index (χ0n) is 46.3. The van der Waals surface area contributed by atoms with Gasteiger partial charge >= 0.3 is 23.9 Å². The number of esters is 4. The molecule has 0 spiro atoms. The molecule has 0 aliphatic carbocycles. The second-order valence-electron chi connectivity index (χ2n) is 18.7. The van der Waals surface area contributed by atoms with E-state index in [-0.39, 0.29) is 11.6 Å². The normalized spacial score (nSPS) is 11.2. The maximum atomic E-state index is 14.9. The van der Waals surface area contributed by atoms with Crippen LogP contribution in [0.3, 0.4) is 0 Å². The molecule has 0 bridgehead atoms. The molecular weight excluding hydrogens is 1050 g/mol. The minimum atomic E-state index is -0.560. The molecule has 8 aromatic carbocycles. The standard InChI is InChI=1S/C38H31FO4.C36H27FO4/c1-26(2)37(40)42-34-10-7-8-30(24-34)18-16-28-12-14-29(15-13-28)17-19-31-20-21-32(35(39)25-31)22-23-33-9-5-6-11-36(33)43-38(41)27(3)4;1-3-35(38)40-32-10-7-8-28(24-32)18-16-26-12-14-27(15-13-26)17-19-29-20-21-30(33(37)25-29)22-23-31-9-5-6-11-34(31)41-36(39)4-2/h5-25H,1,3H2,2,4H3;3-25H,1-2H2/b2*18-16+,19-17+,23-22+. The number of hydrogen-bond acceptors (Lipinski definition) is 8. The van der Waals surface area contributed by atoms with Gasteiger partial charge in [-0.1, -0.05) is 233 Å². The second-order valence-corrected chi connectivity index (χ2v) is 18.7. The van der Waals surface area contributed by atoms with Gasteiger partial charge in [-0.2, -0.15) is 0 Å². The number of hydrogen-bond donors (Lipinski definition) is 0. The van der Waals surface area contributed by atoms with Gasteiger partial charge in [-0.15, -0.1) is 0 Å². The average molecular weight is 1110 g/mol. The zero-order chi connectivity index (χ0) is 59.8. The molecule has 0 N–H and O–H groups in total. The van der Waals surface area contributed by atoms with Crippen molar-refractivity contribution in [3.8, 4) is 23.0 Å². The highest BCUT2D eigenvalue weighted by Crippen LogP contribution is 2.26. The molecular formula is C74H58F2O8. The lowest BCUT2D eigenvalue weighted by Gasteiger charge is -2.07. The number of carbonyl (C=O) groups is 4. The summed E-state index contributed by atoms with van der Waals surface area (Å²) >= 11 is 0. The lowest BCUT2D eigenvalue weighted by molar-refractivity contribution is -0.130. The smallest absolute Gasteiger partial charge is 0.338 e. The van der Waals surface area contributed by atoms with Crippen LogP contribution < -0.4 is 18.9 Å². The Balaban J connectivity index is 0.000000241. The maximum absolute atomic E-state index is 14.9.